The Bertz CT molecular complexity index is 1350. The Hall–Kier alpha value is -3.39. The highest BCUT2D eigenvalue weighted by molar-refractivity contribution is 14.1. The predicted octanol–water partition coefficient (Wildman–Crippen LogP) is 6.49. The highest BCUT2D eigenvalue weighted by Gasteiger charge is 2.13. The lowest BCUT2D eigenvalue weighted by Crippen LogP contribution is -2.18. The molecule has 4 aromatic rings. The second-order valence-corrected chi connectivity index (χ2v) is 8.87. The summed E-state index contributed by atoms with van der Waals surface area (Å²) in [4.78, 5) is 12.7. The van der Waals surface area contributed by atoms with Gasteiger partial charge in [-0.25, -0.2) is 5.43 Å². The van der Waals surface area contributed by atoms with Gasteiger partial charge in [0, 0.05) is 5.56 Å². The summed E-state index contributed by atoms with van der Waals surface area (Å²) in [5, 5.41) is 6.08. The molecular weight excluding hydrogens is 539 g/mol. The molecule has 172 valence electrons. The summed E-state index contributed by atoms with van der Waals surface area (Å²) >= 11 is 2.23. The molecule has 0 aliphatic heterocycles. The number of rotatable bonds is 8. The van der Waals surface area contributed by atoms with Crippen molar-refractivity contribution in [3.05, 3.63) is 105 Å². The molecule has 0 atom stereocenters. The third kappa shape index (κ3) is 5.56. The molecule has 4 aromatic carbocycles. The van der Waals surface area contributed by atoms with Gasteiger partial charge in [0.25, 0.3) is 5.91 Å². The molecule has 0 heterocycles. The highest BCUT2D eigenvalue weighted by atomic mass is 127. The molecule has 0 fully saturated rings. The summed E-state index contributed by atoms with van der Waals surface area (Å²) in [7, 11) is 0. The van der Waals surface area contributed by atoms with Crippen LogP contribution in [0.2, 0.25) is 0 Å². The Balaban J connectivity index is 1.50. The summed E-state index contributed by atoms with van der Waals surface area (Å²) in [5.41, 5.74) is 6.33. The smallest absolute Gasteiger partial charge is 0.271 e. The number of carbonyl (C=O) groups is 1. The van der Waals surface area contributed by atoms with Gasteiger partial charge in [-0.15, -0.1) is 0 Å². The maximum Gasteiger partial charge on any atom is 0.271 e. The molecule has 6 heteroatoms. The maximum atomic E-state index is 12.7. The van der Waals surface area contributed by atoms with E-state index < -0.39 is 0 Å². The maximum absolute atomic E-state index is 12.7. The van der Waals surface area contributed by atoms with E-state index in [0.717, 1.165) is 25.5 Å². The van der Waals surface area contributed by atoms with Crippen molar-refractivity contribution < 1.29 is 14.3 Å². The fourth-order valence-electron chi connectivity index (χ4n) is 3.64. The van der Waals surface area contributed by atoms with Crippen LogP contribution < -0.4 is 14.9 Å². The summed E-state index contributed by atoms with van der Waals surface area (Å²) < 4.78 is 12.9. The lowest BCUT2D eigenvalue weighted by atomic mass is 10.0. The monoisotopic (exact) mass is 564 g/mol. The number of carbonyl (C=O) groups excluding carboxylic acids is 1. The van der Waals surface area contributed by atoms with Gasteiger partial charge >= 0.3 is 0 Å². The Morgan fingerprint density at radius 2 is 1.76 bits per heavy atom. The van der Waals surface area contributed by atoms with Gasteiger partial charge < -0.3 is 9.47 Å². The Labute approximate surface area is 212 Å². The molecule has 0 saturated heterocycles. The summed E-state index contributed by atoms with van der Waals surface area (Å²) in [5.74, 6) is 1.08. The average Bonchev–Trinajstić information content (AvgIpc) is 2.84. The number of nitrogens with zero attached hydrogens (tertiary/aromatic N) is 1. The number of nitrogens with one attached hydrogen (secondary N) is 1. The van der Waals surface area contributed by atoms with E-state index in [1.165, 1.54) is 5.56 Å². The third-order valence-corrected chi connectivity index (χ3v) is 6.18. The van der Waals surface area contributed by atoms with Crippen molar-refractivity contribution in [3.63, 3.8) is 0 Å². The van der Waals surface area contributed by atoms with Crippen molar-refractivity contribution in [2.24, 2.45) is 5.10 Å². The number of hydrogen-bond acceptors (Lipinski definition) is 4. The van der Waals surface area contributed by atoms with Crippen molar-refractivity contribution in [3.8, 4) is 11.5 Å². The van der Waals surface area contributed by atoms with E-state index in [1.807, 2.05) is 67.6 Å². The van der Waals surface area contributed by atoms with Crippen LogP contribution in [-0.4, -0.2) is 18.7 Å². The zero-order valence-corrected chi connectivity index (χ0v) is 21.2. The van der Waals surface area contributed by atoms with E-state index in [4.69, 9.17) is 9.47 Å². The summed E-state index contributed by atoms with van der Waals surface area (Å²) in [6.45, 7) is 4.97. The molecular formula is C28H25IN2O3. The van der Waals surface area contributed by atoms with Crippen LogP contribution in [0.4, 0.5) is 0 Å². The minimum absolute atomic E-state index is 0.258. The van der Waals surface area contributed by atoms with Crippen molar-refractivity contribution in [1.82, 2.24) is 5.43 Å². The van der Waals surface area contributed by atoms with Crippen molar-refractivity contribution in [2.45, 2.75) is 20.5 Å². The molecule has 5 nitrogen and oxygen atoms in total. The number of benzene rings is 4. The van der Waals surface area contributed by atoms with Crippen LogP contribution in [0.25, 0.3) is 10.8 Å². The molecule has 0 spiro atoms. The SMILES string of the molecule is CCOc1cc(/C=N\NC(=O)c2cccc3ccccc23)cc(I)c1OCc1ccccc1C. The van der Waals surface area contributed by atoms with Crippen LogP contribution in [0.3, 0.4) is 0 Å². The molecule has 0 unspecified atom stereocenters. The highest BCUT2D eigenvalue weighted by Crippen LogP contribution is 2.34. The average molecular weight is 564 g/mol. The quantitative estimate of drug-likeness (QED) is 0.151. The minimum Gasteiger partial charge on any atom is -0.490 e. The molecule has 1 amide bonds. The molecule has 0 radical (unpaired) electrons. The number of aryl methyl sites for hydroxylation is 1. The molecule has 4 rings (SSSR count). The number of fused-ring (bicyclic) bond motifs is 1. The third-order valence-electron chi connectivity index (χ3n) is 5.38. The van der Waals surface area contributed by atoms with Crippen LogP contribution >= 0.6 is 22.6 Å². The first-order valence-corrected chi connectivity index (χ1v) is 12.1. The number of halogens is 1. The first-order chi connectivity index (χ1) is 16.6. The Morgan fingerprint density at radius 3 is 2.59 bits per heavy atom. The van der Waals surface area contributed by atoms with Gasteiger partial charge in [0.05, 0.1) is 16.4 Å². The predicted molar refractivity (Wildman–Crippen MR) is 145 cm³/mol. The lowest BCUT2D eigenvalue weighted by molar-refractivity contribution is 0.0957. The van der Waals surface area contributed by atoms with Gasteiger partial charge in [-0.3, -0.25) is 4.79 Å². The van der Waals surface area contributed by atoms with Crippen molar-refractivity contribution in [1.29, 1.82) is 0 Å². The van der Waals surface area contributed by atoms with Crippen LogP contribution in [0.5, 0.6) is 11.5 Å². The van der Waals surface area contributed by atoms with E-state index in [1.54, 1.807) is 12.3 Å². The van der Waals surface area contributed by atoms with Crippen LogP contribution in [0.1, 0.15) is 34.0 Å². The normalized spacial score (nSPS) is 11.0. The fraction of sp³-hybridized carbons (Fsp3) is 0.143. The molecule has 1 N–H and O–H groups in total. The summed E-state index contributed by atoms with van der Waals surface area (Å²) in [6, 6.07) is 25.4. The van der Waals surface area contributed by atoms with Crippen molar-refractivity contribution >= 4 is 45.5 Å². The second kappa shape index (κ2) is 11.2. The van der Waals surface area contributed by atoms with Crippen molar-refractivity contribution in [2.75, 3.05) is 6.61 Å². The molecule has 0 aliphatic rings. The van der Waals surface area contributed by atoms with Crippen LogP contribution in [0.15, 0.2) is 84.0 Å². The topological polar surface area (TPSA) is 59.9 Å². The largest absolute Gasteiger partial charge is 0.490 e. The van der Waals surface area contributed by atoms with E-state index >= 15 is 0 Å². The van der Waals surface area contributed by atoms with Gasteiger partial charge in [0.1, 0.15) is 6.61 Å². The Morgan fingerprint density at radius 1 is 1.00 bits per heavy atom. The first-order valence-electron chi connectivity index (χ1n) is 11.0. The molecule has 0 aliphatic carbocycles. The standard InChI is InChI=1S/C28H25IN2O3/c1-3-33-26-16-20(15-25(29)27(26)34-18-22-11-5-4-9-19(22)2)17-30-31-28(32)24-14-8-12-21-10-6-7-13-23(21)24/h4-17H,3,18H2,1-2H3,(H,31,32)/b30-17-. The van der Waals surface area contributed by atoms with E-state index in [2.05, 4.69) is 52.2 Å². The number of hydrazone groups is 1. The van der Waals surface area contributed by atoms with Gasteiger partial charge in [-0.1, -0.05) is 60.7 Å². The van der Waals surface area contributed by atoms with E-state index in [-0.39, 0.29) is 5.91 Å². The second-order valence-electron chi connectivity index (χ2n) is 7.70. The lowest BCUT2D eigenvalue weighted by Gasteiger charge is -2.15. The van der Waals surface area contributed by atoms with E-state index in [9.17, 15) is 4.79 Å². The molecule has 0 saturated carbocycles. The number of amides is 1. The van der Waals surface area contributed by atoms with E-state index in [0.29, 0.717) is 30.3 Å². The minimum atomic E-state index is -0.258. The zero-order chi connectivity index (χ0) is 23.9. The molecule has 34 heavy (non-hydrogen) atoms. The van der Waals surface area contributed by atoms with Gasteiger partial charge in [-0.2, -0.15) is 5.10 Å². The van der Waals surface area contributed by atoms with Crippen LogP contribution in [-0.2, 0) is 6.61 Å². The van der Waals surface area contributed by atoms with Gasteiger partial charge in [-0.05, 0) is 82.1 Å². The number of hydrogen-bond donors (Lipinski definition) is 1. The van der Waals surface area contributed by atoms with Crippen LogP contribution in [0, 0.1) is 10.5 Å². The fourth-order valence-corrected chi connectivity index (χ4v) is 4.42. The number of ether oxygens (including phenoxy) is 2. The van der Waals surface area contributed by atoms with Gasteiger partial charge in [0.2, 0.25) is 0 Å². The Kier molecular flexibility index (Phi) is 7.80. The first kappa shape index (κ1) is 23.8. The van der Waals surface area contributed by atoms with Gasteiger partial charge in [0.15, 0.2) is 11.5 Å². The summed E-state index contributed by atoms with van der Waals surface area (Å²) in [6.07, 6.45) is 1.61. The molecule has 0 bridgehead atoms. The molecule has 0 aromatic heterocycles. The zero-order valence-electron chi connectivity index (χ0n) is 19.0.